The number of esters is 1. The summed E-state index contributed by atoms with van der Waals surface area (Å²) in [5.74, 6) is 0.297. The van der Waals surface area contributed by atoms with E-state index in [9.17, 15) is 9.59 Å². The highest BCUT2D eigenvalue weighted by atomic mass is 16.5. The second kappa shape index (κ2) is 9.79. The Morgan fingerprint density at radius 1 is 1.23 bits per heavy atom. The number of hydrogen-bond acceptors (Lipinski definition) is 4. The molecule has 0 saturated carbocycles. The number of nitrogens with two attached hydrogens (primary N) is 1. The van der Waals surface area contributed by atoms with Gasteiger partial charge in [-0.25, -0.2) is 4.99 Å². The van der Waals surface area contributed by atoms with E-state index < -0.39 is 5.91 Å². The number of piperidine rings is 1. The third-order valence-electron chi connectivity index (χ3n) is 4.40. The maximum absolute atomic E-state index is 11.9. The van der Waals surface area contributed by atoms with Gasteiger partial charge >= 0.3 is 5.97 Å². The number of benzene rings is 1. The van der Waals surface area contributed by atoms with Gasteiger partial charge in [-0.1, -0.05) is 12.1 Å². The van der Waals surface area contributed by atoms with Gasteiger partial charge in [0.05, 0.1) is 19.1 Å². The van der Waals surface area contributed by atoms with Crippen LogP contribution in [0.15, 0.2) is 29.3 Å². The Hall–Kier alpha value is -2.57. The molecule has 0 bridgehead atoms. The molecular weight excluding hydrogens is 332 g/mol. The molecule has 7 heteroatoms. The Labute approximate surface area is 154 Å². The van der Waals surface area contributed by atoms with Crippen molar-refractivity contribution in [3.63, 3.8) is 0 Å². The van der Waals surface area contributed by atoms with Gasteiger partial charge in [0, 0.05) is 25.2 Å². The molecule has 0 unspecified atom stereocenters. The van der Waals surface area contributed by atoms with Crippen LogP contribution in [0.1, 0.15) is 42.6 Å². The summed E-state index contributed by atoms with van der Waals surface area (Å²) in [5.41, 5.74) is 6.76. The van der Waals surface area contributed by atoms with Gasteiger partial charge in [0.25, 0.3) is 0 Å². The van der Waals surface area contributed by atoms with Crippen LogP contribution in [0.4, 0.5) is 0 Å². The molecule has 1 aromatic rings. The summed E-state index contributed by atoms with van der Waals surface area (Å²) in [7, 11) is 0. The van der Waals surface area contributed by atoms with Crippen LogP contribution < -0.4 is 11.1 Å². The Morgan fingerprint density at radius 3 is 2.42 bits per heavy atom. The summed E-state index contributed by atoms with van der Waals surface area (Å²) in [5, 5.41) is 3.31. The molecule has 0 aliphatic carbocycles. The number of amides is 1. The maximum Gasteiger partial charge on any atom is 0.309 e. The smallest absolute Gasteiger partial charge is 0.309 e. The van der Waals surface area contributed by atoms with E-state index in [-0.39, 0.29) is 11.9 Å². The maximum atomic E-state index is 11.9. The molecule has 0 aromatic heterocycles. The van der Waals surface area contributed by atoms with E-state index in [1.165, 1.54) is 0 Å². The van der Waals surface area contributed by atoms with Crippen LogP contribution in [0.5, 0.6) is 0 Å². The highest BCUT2D eigenvalue weighted by Gasteiger charge is 2.27. The molecule has 1 amide bonds. The van der Waals surface area contributed by atoms with Crippen LogP contribution in [-0.4, -0.2) is 49.0 Å². The van der Waals surface area contributed by atoms with E-state index in [1.807, 2.05) is 26.0 Å². The van der Waals surface area contributed by atoms with Crippen LogP contribution in [0.3, 0.4) is 0 Å². The van der Waals surface area contributed by atoms with Crippen LogP contribution in [0, 0.1) is 5.92 Å². The average Bonchev–Trinajstić information content (AvgIpc) is 2.66. The lowest BCUT2D eigenvalue weighted by atomic mass is 9.97. The molecule has 1 aliphatic heterocycles. The summed E-state index contributed by atoms with van der Waals surface area (Å²) in [6.07, 6.45) is 1.55. The minimum atomic E-state index is -0.433. The predicted molar refractivity (Wildman–Crippen MR) is 101 cm³/mol. The fourth-order valence-electron chi connectivity index (χ4n) is 2.95. The van der Waals surface area contributed by atoms with Crippen molar-refractivity contribution in [2.24, 2.45) is 16.6 Å². The number of primary amides is 1. The third-order valence-corrected chi connectivity index (χ3v) is 4.40. The van der Waals surface area contributed by atoms with Gasteiger partial charge < -0.3 is 20.7 Å². The molecule has 7 nitrogen and oxygen atoms in total. The first kappa shape index (κ1) is 19.8. The molecule has 2 rings (SSSR count). The molecule has 0 spiro atoms. The third kappa shape index (κ3) is 5.47. The van der Waals surface area contributed by atoms with E-state index in [2.05, 4.69) is 15.2 Å². The summed E-state index contributed by atoms with van der Waals surface area (Å²) < 4.78 is 5.12. The fraction of sp³-hybridized carbons (Fsp3) is 0.526. The summed E-state index contributed by atoms with van der Waals surface area (Å²) in [6, 6.07) is 7.15. The molecule has 1 heterocycles. The topological polar surface area (TPSA) is 97.0 Å². The van der Waals surface area contributed by atoms with Crippen LogP contribution in [0.25, 0.3) is 0 Å². The predicted octanol–water partition coefficient (Wildman–Crippen LogP) is 1.53. The molecule has 0 radical (unpaired) electrons. The number of likely N-dealkylation sites (tertiary alicyclic amines) is 1. The van der Waals surface area contributed by atoms with E-state index in [0.717, 1.165) is 44.0 Å². The van der Waals surface area contributed by atoms with Crippen molar-refractivity contribution < 1.29 is 14.3 Å². The van der Waals surface area contributed by atoms with Crippen molar-refractivity contribution in [3.05, 3.63) is 35.4 Å². The first-order chi connectivity index (χ1) is 12.5. The Morgan fingerprint density at radius 2 is 1.88 bits per heavy atom. The van der Waals surface area contributed by atoms with Crippen LogP contribution in [0.2, 0.25) is 0 Å². The Kier molecular flexibility index (Phi) is 7.44. The van der Waals surface area contributed by atoms with E-state index in [1.54, 1.807) is 12.1 Å². The molecular formula is C19H28N4O3. The van der Waals surface area contributed by atoms with Gasteiger partial charge in [-0.3, -0.25) is 9.59 Å². The number of aliphatic imine (C=N–C) groups is 1. The van der Waals surface area contributed by atoms with Gasteiger partial charge in [-0.15, -0.1) is 0 Å². The minimum Gasteiger partial charge on any atom is -0.466 e. The SMILES string of the molecule is CCNC(=NCc1ccc(C(N)=O)cc1)N1CCC(C(=O)OCC)CC1. The summed E-state index contributed by atoms with van der Waals surface area (Å²) in [4.78, 5) is 29.9. The number of rotatable bonds is 6. The average molecular weight is 360 g/mol. The van der Waals surface area contributed by atoms with Crippen molar-refractivity contribution in [3.8, 4) is 0 Å². The zero-order valence-corrected chi connectivity index (χ0v) is 15.5. The largest absolute Gasteiger partial charge is 0.466 e. The van der Waals surface area contributed by atoms with Crippen molar-refractivity contribution >= 4 is 17.8 Å². The zero-order valence-electron chi connectivity index (χ0n) is 15.5. The zero-order chi connectivity index (χ0) is 18.9. The number of guanidine groups is 1. The van der Waals surface area contributed by atoms with Crippen molar-refractivity contribution in [1.29, 1.82) is 0 Å². The molecule has 1 saturated heterocycles. The van der Waals surface area contributed by atoms with Gasteiger partial charge in [0.1, 0.15) is 0 Å². The van der Waals surface area contributed by atoms with Crippen molar-refractivity contribution in [1.82, 2.24) is 10.2 Å². The molecule has 142 valence electrons. The van der Waals surface area contributed by atoms with Crippen LogP contribution in [-0.2, 0) is 16.1 Å². The molecule has 0 atom stereocenters. The van der Waals surface area contributed by atoms with Crippen LogP contribution >= 0.6 is 0 Å². The molecule has 3 N–H and O–H groups in total. The monoisotopic (exact) mass is 360 g/mol. The molecule has 1 aromatic carbocycles. The van der Waals surface area contributed by atoms with E-state index >= 15 is 0 Å². The second-order valence-corrected chi connectivity index (χ2v) is 6.24. The van der Waals surface area contributed by atoms with Crippen molar-refractivity contribution in [2.75, 3.05) is 26.2 Å². The fourth-order valence-corrected chi connectivity index (χ4v) is 2.95. The quantitative estimate of drug-likeness (QED) is 0.455. The summed E-state index contributed by atoms with van der Waals surface area (Å²) in [6.45, 7) is 7.13. The number of nitrogens with one attached hydrogen (secondary N) is 1. The molecule has 26 heavy (non-hydrogen) atoms. The van der Waals surface area contributed by atoms with Gasteiger partial charge in [0.2, 0.25) is 5.91 Å². The lowest BCUT2D eigenvalue weighted by Gasteiger charge is -2.33. The second-order valence-electron chi connectivity index (χ2n) is 6.24. The van der Waals surface area contributed by atoms with Gasteiger partial charge in [-0.2, -0.15) is 0 Å². The molecule has 1 fully saturated rings. The minimum absolute atomic E-state index is 0.0181. The lowest BCUT2D eigenvalue weighted by molar-refractivity contribution is -0.149. The van der Waals surface area contributed by atoms with Crippen molar-refractivity contribution in [2.45, 2.75) is 33.2 Å². The number of carbonyl (C=O) groups excluding carboxylic acids is 2. The van der Waals surface area contributed by atoms with E-state index in [0.29, 0.717) is 18.7 Å². The first-order valence-corrected chi connectivity index (χ1v) is 9.13. The van der Waals surface area contributed by atoms with Gasteiger partial charge in [0.15, 0.2) is 5.96 Å². The number of ether oxygens (including phenoxy) is 1. The van der Waals surface area contributed by atoms with E-state index in [4.69, 9.17) is 10.5 Å². The highest BCUT2D eigenvalue weighted by Crippen LogP contribution is 2.19. The summed E-state index contributed by atoms with van der Waals surface area (Å²) >= 11 is 0. The molecule has 1 aliphatic rings. The first-order valence-electron chi connectivity index (χ1n) is 9.13. The normalized spacial score (nSPS) is 15.6. The standard InChI is InChI=1S/C19H28N4O3/c1-3-21-19(22-13-14-5-7-15(8-6-14)17(20)24)23-11-9-16(10-12-23)18(25)26-4-2/h5-8,16H,3-4,9-13H2,1-2H3,(H2,20,24)(H,21,22). The Bertz CT molecular complexity index is 635. The highest BCUT2D eigenvalue weighted by molar-refractivity contribution is 5.92. The number of nitrogens with zero attached hydrogens (tertiary/aromatic N) is 2. The number of carbonyl (C=O) groups is 2. The van der Waals surface area contributed by atoms with Gasteiger partial charge in [-0.05, 0) is 44.4 Å². The Balaban J connectivity index is 1.96. The number of hydrogen-bond donors (Lipinski definition) is 2. The lowest BCUT2D eigenvalue weighted by Crippen LogP contribution is -2.46.